The van der Waals surface area contributed by atoms with Gasteiger partial charge in [0.2, 0.25) is 20.0 Å². The first-order chi connectivity index (χ1) is 18.2. The average Bonchev–Trinajstić information content (AvgIpc) is 2.94. The molecule has 0 fully saturated rings. The first-order valence-electron chi connectivity index (χ1n) is 12.3. The van der Waals surface area contributed by atoms with Gasteiger partial charge in [-0.25, -0.2) is 21.6 Å². The zero-order chi connectivity index (χ0) is 28.5. The summed E-state index contributed by atoms with van der Waals surface area (Å²) in [7, 11) is -7.44. The van der Waals surface area contributed by atoms with E-state index in [1.54, 1.807) is 12.1 Å². The van der Waals surface area contributed by atoms with Crippen LogP contribution < -0.4 is 19.1 Å². The van der Waals surface area contributed by atoms with Crippen LogP contribution in [-0.2, 0) is 26.5 Å². The van der Waals surface area contributed by atoms with Gasteiger partial charge in [0.25, 0.3) is 0 Å². The van der Waals surface area contributed by atoms with Crippen molar-refractivity contribution in [3.05, 3.63) is 72.0 Å². The van der Waals surface area contributed by atoms with Gasteiger partial charge in [-0.2, -0.15) is 0 Å². The molecule has 0 saturated carbocycles. The number of hydrogen-bond donors (Lipinski definition) is 2. The van der Waals surface area contributed by atoms with E-state index in [1.807, 2.05) is 18.2 Å². The van der Waals surface area contributed by atoms with Gasteiger partial charge in [0, 0.05) is 29.9 Å². The molecule has 2 aliphatic rings. The van der Waals surface area contributed by atoms with Gasteiger partial charge in [0.05, 0.1) is 16.8 Å². The molecule has 0 aromatic heterocycles. The Balaban J connectivity index is 1.51. The van der Waals surface area contributed by atoms with E-state index in [9.17, 15) is 30.0 Å². The van der Waals surface area contributed by atoms with Crippen LogP contribution in [-0.4, -0.2) is 42.5 Å². The normalized spacial score (nSPS) is 19.5. The maximum absolute atomic E-state index is 12.7. The van der Waals surface area contributed by atoms with Crippen molar-refractivity contribution < 1.29 is 34.7 Å². The number of nitrogens with zero attached hydrogens (tertiary/aromatic N) is 1. The molecule has 1 atom stereocenters. The van der Waals surface area contributed by atoms with Crippen LogP contribution in [0.2, 0.25) is 0 Å². The largest absolute Gasteiger partial charge is 0.573 e. The highest BCUT2D eigenvalue weighted by Gasteiger charge is 2.36. The Hall–Kier alpha value is -3.03. The maximum Gasteiger partial charge on any atom is 0.573 e. The van der Waals surface area contributed by atoms with Crippen LogP contribution in [0, 0.1) is 5.41 Å². The highest BCUT2D eigenvalue weighted by molar-refractivity contribution is 7.92. The first-order valence-corrected chi connectivity index (χ1v) is 15.6. The molecule has 2 aromatic rings. The van der Waals surface area contributed by atoms with Gasteiger partial charge < -0.3 is 9.64 Å². The molecule has 0 bridgehead atoms. The molecule has 1 aliphatic heterocycles. The molecule has 8 nitrogen and oxygen atoms in total. The summed E-state index contributed by atoms with van der Waals surface area (Å²) in [5.41, 5.74) is 3.29. The van der Waals surface area contributed by atoms with E-state index in [0.717, 1.165) is 66.7 Å². The van der Waals surface area contributed by atoms with Crippen LogP contribution in [0.3, 0.4) is 0 Å². The number of benzene rings is 2. The van der Waals surface area contributed by atoms with Gasteiger partial charge in [-0.15, -0.1) is 13.2 Å². The Morgan fingerprint density at radius 1 is 1.08 bits per heavy atom. The summed E-state index contributed by atoms with van der Waals surface area (Å²) in [4.78, 5) is 1.94. The molecule has 2 aromatic carbocycles. The van der Waals surface area contributed by atoms with Crippen LogP contribution in [0.5, 0.6) is 5.75 Å². The lowest BCUT2D eigenvalue weighted by atomic mass is 9.76. The van der Waals surface area contributed by atoms with E-state index in [0.29, 0.717) is 18.7 Å². The van der Waals surface area contributed by atoms with Gasteiger partial charge in [-0.05, 0) is 73.7 Å². The summed E-state index contributed by atoms with van der Waals surface area (Å²) >= 11 is 0. The first kappa shape index (κ1) is 29.0. The second kappa shape index (κ2) is 10.9. The zero-order valence-electron chi connectivity index (χ0n) is 21.5. The number of alkyl halides is 3. The number of fused-ring (bicyclic) bond motifs is 2. The predicted molar refractivity (Wildman–Crippen MR) is 143 cm³/mol. The minimum atomic E-state index is -4.87. The summed E-state index contributed by atoms with van der Waals surface area (Å²) in [6.45, 7) is 2.72. The molecule has 13 heteroatoms. The molecule has 2 N–H and O–H groups in total. The number of sulfonamides is 2. The SMILES string of the molecule is CC12CC=CC=C1N(CCCNS(=O)(=O)c1ccc(OC(F)(F)F)cc1)c1cc(NS(C)(=O)=O)ccc1CC2. The van der Waals surface area contributed by atoms with Crippen LogP contribution in [0.4, 0.5) is 24.5 Å². The van der Waals surface area contributed by atoms with Crippen molar-refractivity contribution in [1.29, 1.82) is 0 Å². The fourth-order valence-electron chi connectivity index (χ4n) is 4.87. The van der Waals surface area contributed by atoms with Gasteiger partial charge in [-0.3, -0.25) is 4.72 Å². The lowest BCUT2D eigenvalue weighted by molar-refractivity contribution is -0.274. The molecule has 4 rings (SSSR count). The quantitative estimate of drug-likeness (QED) is 0.405. The zero-order valence-corrected chi connectivity index (χ0v) is 23.1. The third kappa shape index (κ3) is 7.34. The Morgan fingerprint density at radius 3 is 2.46 bits per heavy atom. The van der Waals surface area contributed by atoms with Gasteiger partial charge in [-0.1, -0.05) is 25.1 Å². The number of halogens is 3. The summed E-state index contributed by atoms with van der Waals surface area (Å²) in [6.07, 6.45) is 5.32. The number of nitrogens with one attached hydrogen (secondary N) is 2. The molecule has 212 valence electrons. The highest BCUT2D eigenvalue weighted by atomic mass is 32.2. The van der Waals surface area contributed by atoms with Gasteiger partial charge in [0.15, 0.2) is 0 Å². The van der Waals surface area contributed by atoms with E-state index in [1.165, 1.54) is 0 Å². The van der Waals surface area contributed by atoms with Gasteiger partial charge in [0.1, 0.15) is 5.75 Å². The molecular formula is C26H30F3N3O5S2. The van der Waals surface area contributed by atoms with Gasteiger partial charge >= 0.3 is 6.36 Å². The fourth-order valence-corrected chi connectivity index (χ4v) is 6.50. The van der Waals surface area contributed by atoms with Crippen molar-refractivity contribution in [3.8, 4) is 5.75 Å². The standard InChI is InChI=1S/C26H30F3N3O5S2/c1-25-14-4-3-6-24(25)32(23-18-20(31-38(2,33)34)8-7-19(23)13-15-25)17-5-16-30-39(35,36)22-11-9-21(10-12-22)37-26(27,28)29/h3-4,6-12,18,30-31H,5,13-17H2,1-2H3. The molecule has 0 radical (unpaired) electrons. The number of aryl methyl sites for hydroxylation is 1. The smallest absolute Gasteiger partial charge is 0.406 e. The second-order valence-electron chi connectivity index (χ2n) is 9.88. The maximum atomic E-state index is 12.7. The second-order valence-corrected chi connectivity index (χ2v) is 13.4. The Kier molecular flexibility index (Phi) is 8.06. The summed E-state index contributed by atoms with van der Waals surface area (Å²) in [5.74, 6) is -0.510. The average molecular weight is 586 g/mol. The number of allylic oxidation sites excluding steroid dienone is 4. The van der Waals surface area contributed by atoms with E-state index in [-0.39, 0.29) is 16.9 Å². The number of rotatable bonds is 9. The van der Waals surface area contributed by atoms with Crippen molar-refractivity contribution >= 4 is 31.4 Å². The van der Waals surface area contributed by atoms with Crippen LogP contribution in [0.25, 0.3) is 0 Å². The van der Waals surface area contributed by atoms with E-state index in [4.69, 9.17) is 0 Å². The third-order valence-electron chi connectivity index (χ3n) is 6.71. The van der Waals surface area contributed by atoms with Crippen LogP contribution in [0.15, 0.2) is 71.3 Å². The van der Waals surface area contributed by atoms with Crippen molar-refractivity contribution in [2.45, 2.75) is 43.9 Å². The highest BCUT2D eigenvalue weighted by Crippen LogP contribution is 2.46. The fraction of sp³-hybridized carbons (Fsp3) is 0.385. The van der Waals surface area contributed by atoms with Crippen molar-refractivity contribution in [3.63, 3.8) is 0 Å². The molecule has 0 spiro atoms. The predicted octanol–water partition coefficient (Wildman–Crippen LogP) is 4.93. The molecular weight excluding hydrogens is 555 g/mol. The molecule has 0 saturated heterocycles. The van der Waals surface area contributed by atoms with E-state index < -0.39 is 32.2 Å². The lowest BCUT2D eigenvalue weighted by Gasteiger charge is -2.39. The van der Waals surface area contributed by atoms with Crippen LogP contribution >= 0.6 is 0 Å². The van der Waals surface area contributed by atoms with Crippen LogP contribution in [0.1, 0.15) is 31.7 Å². The summed E-state index contributed by atoms with van der Waals surface area (Å²) in [6, 6.07) is 9.45. The van der Waals surface area contributed by atoms with Crippen molar-refractivity contribution in [2.75, 3.05) is 29.0 Å². The van der Waals surface area contributed by atoms with Crippen molar-refractivity contribution in [2.24, 2.45) is 5.41 Å². The Morgan fingerprint density at radius 2 is 1.79 bits per heavy atom. The topological polar surface area (TPSA) is 105 Å². The monoisotopic (exact) mass is 585 g/mol. The number of anilines is 2. The number of ether oxygens (including phenoxy) is 1. The lowest BCUT2D eigenvalue weighted by Crippen LogP contribution is -2.35. The number of hydrogen-bond acceptors (Lipinski definition) is 6. The molecule has 1 aliphatic carbocycles. The molecule has 0 amide bonds. The summed E-state index contributed by atoms with van der Waals surface area (Å²) in [5, 5.41) is 0. The minimum absolute atomic E-state index is 0.0794. The molecule has 1 heterocycles. The summed E-state index contributed by atoms with van der Waals surface area (Å²) < 4.78 is 95.1. The minimum Gasteiger partial charge on any atom is -0.406 e. The van der Waals surface area contributed by atoms with E-state index in [2.05, 4.69) is 32.1 Å². The third-order valence-corrected chi connectivity index (χ3v) is 8.79. The Labute approximate surface area is 226 Å². The van der Waals surface area contributed by atoms with Crippen molar-refractivity contribution in [1.82, 2.24) is 4.72 Å². The molecule has 39 heavy (non-hydrogen) atoms. The molecule has 1 unspecified atom stereocenters. The van der Waals surface area contributed by atoms with E-state index >= 15 is 0 Å². The Bertz CT molecular complexity index is 1490.